The summed E-state index contributed by atoms with van der Waals surface area (Å²) in [5, 5.41) is 28.3. The van der Waals surface area contributed by atoms with Crippen LogP contribution in [-0.4, -0.2) is 79.1 Å². The SMILES string of the molecule is CC(C)CC(NC(=O)C(NC(=O)C(N)Cc1c[nH]c2ccccc12)C(C)O)C(=O)NC(Cc1cnc[nH]1)C(=O)O. The second-order valence-electron chi connectivity index (χ2n) is 10.3. The number of imidazole rings is 1. The monoisotopic (exact) mass is 555 g/mol. The highest BCUT2D eigenvalue weighted by Gasteiger charge is 2.33. The lowest BCUT2D eigenvalue weighted by Gasteiger charge is -2.27. The number of rotatable bonds is 14. The molecule has 2 heterocycles. The molecule has 3 rings (SSSR count). The summed E-state index contributed by atoms with van der Waals surface area (Å²) in [6.45, 7) is 5.00. The van der Waals surface area contributed by atoms with Crippen molar-refractivity contribution in [1.29, 1.82) is 0 Å². The normalized spacial score (nSPS) is 15.2. The van der Waals surface area contributed by atoms with E-state index >= 15 is 0 Å². The average Bonchev–Trinajstić information content (AvgIpc) is 3.55. The molecule has 13 nitrogen and oxygen atoms in total. The molecule has 0 bridgehead atoms. The van der Waals surface area contributed by atoms with E-state index in [0.717, 1.165) is 16.5 Å². The number of hydrogen-bond acceptors (Lipinski definition) is 7. The summed E-state index contributed by atoms with van der Waals surface area (Å²) in [4.78, 5) is 60.7. The van der Waals surface area contributed by atoms with E-state index in [1.807, 2.05) is 38.1 Å². The van der Waals surface area contributed by atoms with E-state index in [9.17, 15) is 29.4 Å². The average molecular weight is 556 g/mol. The van der Waals surface area contributed by atoms with E-state index in [0.29, 0.717) is 5.69 Å². The fraction of sp³-hybridized carbons (Fsp3) is 0.444. The first-order valence-electron chi connectivity index (χ1n) is 13.1. The second-order valence-corrected chi connectivity index (χ2v) is 10.3. The lowest BCUT2D eigenvalue weighted by Crippen LogP contribution is -2.60. The van der Waals surface area contributed by atoms with Crippen molar-refractivity contribution in [2.75, 3.05) is 0 Å². The Morgan fingerprint density at radius 2 is 1.65 bits per heavy atom. The van der Waals surface area contributed by atoms with Crippen molar-refractivity contribution >= 4 is 34.6 Å². The van der Waals surface area contributed by atoms with Gasteiger partial charge >= 0.3 is 5.97 Å². The molecular formula is C27H37N7O6. The van der Waals surface area contributed by atoms with Crippen LogP contribution in [-0.2, 0) is 32.0 Å². The molecule has 0 radical (unpaired) electrons. The molecule has 3 aromatic rings. The van der Waals surface area contributed by atoms with Gasteiger partial charge in [-0.1, -0.05) is 32.0 Å². The highest BCUT2D eigenvalue weighted by atomic mass is 16.4. The van der Waals surface area contributed by atoms with Crippen LogP contribution in [0.5, 0.6) is 0 Å². The third kappa shape index (κ3) is 8.13. The number of nitrogens with zero attached hydrogens (tertiary/aromatic N) is 1. The zero-order valence-corrected chi connectivity index (χ0v) is 22.7. The predicted octanol–water partition coefficient (Wildman–Crippen LogP) is -0.0306. The number of nitrogens with one attached hydrogen (secondary N) is 5. The minimum atomic E-state index is -1.40. The minimum Gasteiger partial charge on any atom is -0.480 e. The van der Waals surface area contributed by atoms with Crippen molar-refractivity contribution in [1.82, 2.24) is 30.9 Å². The molecule has 3 amide bonds. The van der Waals surface area contributed by atoms with Crippen molar-refractivity contribution in [3.63, 3.8) is 0 Å². The van der Waals surface area contributed by atoms with Gasteiger partial charge in [0, 0.05) is 35.4 Å². The fourth-order valence-electron chi connectivity index (χ4n) is 4.35. The molecule has 5 atom stereocenters. The van der Waals surface area contributed by atoms with Crippen LogP contribution in [0.2, 0.25) is 0 Å². The summed E-state index contributed by atoms with van der Waals surface area (Å²) in [7, 11) is 0. The number of fused-ring (bicyclic) bond motifs is 1. The number of aliphatic carboxylic acids is 1. The number of benzene rings is 1. The lowest BCUT2D eigenvalue weighted by molar-refractivity contribution is -0.142. The molecule has 0 fully saturated rings. The Hall–Kier alpha value is -4.23. The molecule has 9 N–H and O–H groups in total. The van der Waals surface area contributed by atoms with E-state index in [1.165, 1.54) is 19.4 Å². The van der Waals surface area contributed by atoms with Gasteiger partial charge in [0.1, 0.15) is 18.1 Å². The van der Waals surface area contributed by atoms with E-state index in [4.69, 9.17) is 5.73 Å². The lowest BCUT2D eigenvalue weighted by atomic mass is 10.0. The summed E-state index contributed by atoms with van der Waals surface area (Å²) >= 11 is 0. The van der Waals surface area contributed by atoms with Gasteiger partial charge in [-0.05, 0) is 37.3 Å². The van der Waals surface area contributed by atoms with Crippen LogP contribution in [0, 0.1) is 5.92 Å². The first kappa shape index (κ1) is 30.3. The first-order chi connectivity index (χ1) is 19.0. The number of H-pyrrole nitrogens is 2. The van der Waals surface area contributed by atoms with Gasteiger partial charge in [-0.2, -0.15) is 0 Å². The molecular weight excluding hydrogens is 518 g/mol. The number of aliphatic hydroxyl groups excluding tert-OH is 1. The highest BCUT2D eigenvalue weighted by molar-refractivity contribution is 5.94. The van der Waals surface area contributed by atoms with E-state index in [1.54, 1.807) is 6.20 Å². The number of carbonyl (C=O) groups excluding carboxylic acids is 3. The van der Waals surface area contributed by atoms with Crippen LogP contribution >= 0.6 is 0 Å². The number of para-hydroxylation sites is 1. The Morgan fingerprint density at radius 3 is 2.27 bits per heavy atom. The summed E-state index contributed by atoms with van der Waals surface area (Å²) in [5.74, 6) is -3.46. The number of carboxylic acids is 1. The van der Waals surface area contributed by atoms with Crippen LogP contribution in [0.1, 0.15) is 38.4 Å². The third-order valence-corrected chi connectivity index (χ3v) is 6.45. The summed E-state index contributed by atoms with van der Waals surface area (Å²) in [5.41, 5.74) is 8.37. The Balaban J connectivity index is 1.67. The molecule has 0 aliphatic carbocycles. The van der Waals surface area contributed by atoms with Gasteiger partial charge in [-0.25, -0.2) is 9.78 Å². The van der Waals surface area contributed by atoms with Crippen LogP contribution in [0.25, 0.3) is 10.9 Å². The summed E-state index contributed by atoms with van der Waals surface area (Å²) in [6, 6.07) is 2.77. The molecule has 0 saturated heterocycles. The Bertz CT molecular complexity index is 1300. The van der Waals surface area contributed by atoms with Crippen molar-refractivity contribution in [3.8, 4) is 0 Å². The number of aromatic nitrogens is 3. The van der Waals surface area contributed by atoms with E-state index < -0.39 is 54.0 Å². The third-order valence-electron chi connectivity index (χ3n) is 6.45. The smallest absolute Gasteiger partial charge is 0.326 e. The number of carboxylic acid groups (broad SMARTS) is 1. The van der Waals surface area contributed by atoms with Crippen molar-refractivity contribution in [2.45, 2.75) is 70.3 Å². The van der Waals surface area contributed by atoms with Crippen molar-refractivity contribution in [2.24, 2.45) is 11.7 Å². The molecule has 1 aromatic carbocycles. The van der Waals surface area contributed by atoms with Gasteiger partial charge in [0.25, 0.3) is 0 Å². The zero-order chi connectivity index (χ0) is 29.4. The molecule has 13 heteroatoms. The van der Waals surface area contributed by atoms with Gasteiger partial charge in [-0.15, -0.1) is 0 Å². The topological polar surface area (TPSA) is 215 Å². The summed E-state index contributed by atoms with van der Waals surface area (Å²) < 4.78 is 0. The van der Waals surface area contributed by atoms with Crippen molar-refractivity contribution < 1.29 is 29.4 Å². The maximum Gasteiger partial charge on any atom is 0.326 e. The molecule has 40 heavy (non-hydrogen) atoms. The van der Waals surface area contributed by atoms with E-state index in [2.05, 4.69) is 30.9 Å². The van der Waals surface area contributed by atoms with Crippen molar-refractivity contribution in [3.05, 3.63) is 54.2 Å². The molecule has 216 valence electrons. The number of carbonyl (C=O) groups is 4. The van der Waals surface area contributed by atoms with E-state index in [-0.39, 0.29) is 25.2 Å². The standard InChI is InChI=1S/C27H37N7O6/c1-14(2)8-21(25(37)33-22(27(39)40)10-17-12-29-13-31-17)32-26(38)23(15(3)35)34-24(36)19(28)9-16-11-30-20-7-5-4-6-18(16)20/h4-7,11-15,19,21-23,30,35H,8-10,28H2,1-3H3,(H,29,31)(H,32,38)(H,33,37)(H,34,36)(H,39,40). The summed E-state index contributed by atoms with van der Waals surface area (Å²) in [6.07, 6.45) is 3.65. The highest BCUT2D eigenvalue weighted by Crippen LogP contribution is 2.19. The number of hydrogen-bond donors (Lipinski definition) is 8. The minimum absolute atomic E-state index is 0.0376. The number of nitrogens with two attached hydrogens (primary N) is 1. The quantitative estimate of drug-likeness (QED) is 0.135. The maximum atomic E-state index is 13.2. The number of aromatic amines is 2. The molecule has 0 spiro atoms. The molecule has 0 aliphatic heterocycles. The molecule has 2 aromatic heterocycles. The Kier molecular flexibility index (Phi) is 10.4. The van der Waals surface area contributed by atoms with Crippen LogP contribution in [0.3, 0.4) is 0 Å². The van der Waals surface area contributed by atoms with Gasteiger partial charge in [-0.3, -0.25) is 14.4 Å². The van der Waals surface area contributed by atoms with Gasteiger partial charge in [0.05, 0.1) is 18.5 Å². The van der Waals surface area contributed by atoms with Crippen LogP contribution < -0.4 is 21.7 Å². The van der Waals surface area contributed by atoms with Crippen LogP contribution in [0.4, 0.5) is 0 Å². The largest absolute Gasteiger partial charge is 0.480 e. The molecule has 5 unspecified atom stereocenters. The maximum absolute atomic E-state index is 13.2. The Morgan fingerprint density at radius 1 is 0.950 bits per heavy atom. The first-order valence-corrected chi connectivity index (χ1v) is 13.1. The zero-order valence-electron chi connectivity index (χ0n) is 22.7. The van der Waals surface area contributed by atoms with Crippen LogP contribution in [0.15, 0.2) is 43.0 Å². The van der Waals surface area contributed by atoms with Gasteiger partial charge in [0.15, 0.2) is 0 Å². The molecule has 0 saturated carbocycles. The van der Waals surface area contributed by atoms with Gasteiger partial charge in [0.2, 0.25) is 17.7 Å². The Labute approximate surface area is 231 Å². The number of amides is 3. The number of aliphatic hydroxyl groups is 1. The second kappa shape index (κ2) is 13.7. The van der Waals surface area contributed by atoms with Gasteiger partial charge < -0.3 is 41.9 Å². The molecule has 0 aliphatic rings. The fourth-order valence-corrected chi connectivity index (χ4v) is 4.35. The predicted molar refractivity (Wildman–Crippen MR) is 147 cm³/mol.